The topological polar surface area (TPSA) is 41.1 Å². The maximum atomic E-state index is 11.7. The minimum Gasteiger partial charge on any atom is -0.353 e. The van der Waals surface area contributed by atoms with Crippen molar-refractivity contribution in [2.24, 2.45) is 5.92 Å². The van der Waals surface area contributed by atoms with Gasteiger partial charge in [-0.2, -0.15) is 0 Å². The second-order valence-corrected chi connectivity index (χ2v) is 4.71. The van der Waals surface area contributed by atoms with Crippen molar-refractivity contribution < 1.29 is 4.79 Å². The van der Waals surface area contributed by atoms with E-state index in [0.717, 1.165) is 32.2 Å². The molecule has 1 amide bonds. The lowest BCUT2D eigenvalue weighted by atomic mass is 9.84. The molecule has 2 N–H and O–H groups in total. The van der Waals surface area contributed by atoms with Gasteiger partial charge < -0.3 is 10.6 Å². The summed E-state index contributed by atoms with van der Waals surface area (Å²) in [5.41, 5.74) is 0. The lowest BCUT2D eigenvalue weighted by molar-refractivity contribution is -0.128. The Labute approximate surface area is 85.6 Å². The fourth-order valence-corrected chi connectivity index (χ4v) is 2.25. The predicted molar refractivity (Wildman–Crippen MR) is 56.0 cm³/mol. The fraction of sp³-hybridized carbons (Fsp3) is 0.909. The number of carbonyl (C=O) groups is 1. The third-order valence-corrected chi connectivity index (χ3v) is 3.45. The van der Waals surface area contributed by atoms with Gasteiger partial charge >= 0.3 is 0 Å². The number of hydrogen-bond acceptors (Lipinski definition) is 2. The van der Waals surface area contributed by atoms with Crippen LogP contribution in [0.1, 0.15) is 39.0 Å². The number of rotatable bonds is 2. The SMILES string of the molecule is CC1CC(NC(=O)C2CCC2)CCN1. The van der Waals surface area contributed by atoms with Crippen LogP contribution in [0.4, 0.5) is 0 Å². The van der Waals surface area contributed by atoms with Gasteiger partial charge in [0, 0.05) is 18.0 Å². The fourth-order valence-electron chi connectivity index (χ4n) is 2.25. The summed E-state index contributed by atoms with van der Waals surface area (Å²) in [6.07, 6.45) is 5.61. The first-order valence-electron chi connectivity index (χ1n) is 5.79. The summed E-state index contributed by atoms with van der Waals surface area (Å²) in [6, 6.07) is 0.967. The van der Waals surface area contributed by atoms with Crippen LogP contribution < -0.4 is 10.6 Å². The van der Waals surface area contributed by atoms with E-state index in [-0.39, 0.29) is 0 Å². The quantitative estimate of drug-likeness (QED) is 0.693. The lowest BCUT2D eigenvalue weighted by Gasteiger charge is -2.32. The van der Waals surface area contributed by atoms with Crippen LogP contribution >= 0.6 is 0 Å². The van der Waals surface area contributed by atoms with Crippen molar-refractivity contribution in [2.45, 2.75) is 51.1 Å². The van der Waals surface area contributed by atoms with Crippen molar-refractivity contribution in [3.63, 3.8) is 0 Å². The van der Waals surface area contributed by atoms with Crippen molar-refractivity contribution in [3.05, 3.63) is 0 Å². The van der Waals surface area contributed by atoms with Crippen LogP contribution in [0.3, 0.4) is 0 Å². The molecule has 1 heterocycles. The monoisotopic (exact) mass is 196 g/mol. The number of hydrogen-bond donors (Lipinski definition) is 2. The molecule has 0 spiro atoms. The van der Waals surface area contributed by atoms with Gasteiger partial charge in [-0.15, -0.1) is 0 Å². The summed E-state index contributed by atoms with van der Waals surface area (Å²) >= 11 is 0. The van der Waals surface area contributed by atoms with Crippen molar-refractivity contribution >= 4 is 5.91 Å². The summed E-state index contributed by atoms with van der Waals surface area (Å²) in [5.74, 6) is 0.635. The molecule has 0 aromatic carbocycles. The molecule has 1 saturated carbocycles. The second-order valence-electron chi connectivity index (χ2n) is 4.71. The Hall–Kier alpha value is -0.570. The first-order chi connectivity index (χ1) is 6.75. The summed E-state index contributed by atoms with van der Waals surface area (Å²) < 4.78 is 0. The Morgan fingerprint density at radius 2 is 2.14 bits per heavy atom. The highest BCUT2D eigenvalue weighted by molar-refractivity contribution is 5.79. The standard InChI is InChI=1S/C11H20N2O/c1-8-7-10(5-6-12-8)13-11(14)9-3-2-4-9/h8-10,12H,2-7H2,1H3,(H,13,14). The lowest BCUT2D eigenvalue weighted by Crippen LogP contribution is -2.48. The van der Waals surface area contributed by atoms with Crippen LogP contribution in [-0.2, 0) is 4.79 Å². The Morgan fingerprint density at radius 1 is 1.36 bits per heavy atom. The molecule has 2 atom stereocenters. The van der Waals surface area contributed by atoms with Crippen LogP contribution in [-0.4, -0.2) is 24.5 Å². The molecule has 2 fully saturated rings. The maximum Gasteiger partial charge on any atom is 0.223 e. The molecule has 80 valence electrons. The predicted octanol–water partition coefficient (Wildman–Crippen LogP) is 1.04. The van der Waals surface area contributed by atoms with Gasteiger partial charge in [0.05, 0.1) is 0 Å². The van der Waals surface area contributed by atoms with Crippen LogP contribution in [0.2, 0.25) is 0 Å². The molecule has 0 bridgehead atoms. The van der Waals surface area contributed by atoms with E-state index >= 15 is 0 Å². The zero-order valence-electron chi connectivity index (χ0n) is 8.88. The third kappa shape index (κ3) is 2.27. The number of nitrogens with one attached hydrogen (secondary N) is 2. The van der Waals surface area contributed by atoms with Gasteiger partial charge in [0.25, 0.3) is 0 Å². The van der Waals surface area contributed by atoms with Gasteiger partial charge in [0.1, 0.15) is 0 Å². The Kier molecular flexibility index (Phi) is 3.06. The van der Waals surface area contributed by atoms with E-state index < -0.39 is 0 Å². The minimum atomic E-state index is 0.301. The number of carbonyl (C=O) groups excluding carboxylic acids is 1. The molecule has 0 aromatic heterocycles. The van der Waals surface area contributed by atoms with Gasteiger partial charge in [-0.1, -0.05) is 6.42 Å². The molecule has 1 saturated heterocycles. The van der Waals surface area contributed by atoms with Crippen molar-refractivity contribution in [1.82, 2.24) is 10.6 Å². The Morgan fingerprint density at radius 3 is 2.71 bits per heavy atom. The minimum absolute atomic E-state index is 0.301. The van der Waals surface area contributed by atoms with Crippen molar-refractivity contribution in [2.75, 3.05) is 6.54 Å². The Balaban J connectivity index is 1.75. The summed E-state index contributed by atoms with van der Waals surface area (Å²) in [4.78, 5) is 11.7. The molecular formula is C11H20N2O. The third-order valence-electron chi connectivity index (χ3n) is 3.45. The van der Waals surface area contributed by atoms with E-state index in [1.165, 1.54) is 6.42 Å². The Bertz CT molecular complexity index is 213. The molecule has 1 aliphatic carbocycles. The first-order valence-corrected chi connectivity index (χ1v) is 5.79. The van der Waals surface area contributed by atoms with Gasteiger partial charge in [-0.3, -0.25) is 4.79 Å². The number of piperidine rings is 1. The zero-order valence-corrected chi connectivity index (χ0v) is 8.88. The summed E-state index contributed by atoms with van der Waals surface area (Å²) in [7, 11) is 0. The smallest absolute Gasteiger partial charge is 0.223 e. The average molecular weight is 196 g/mol. The average Bonchev–Trinajstić information content (AvgIpc) is 1.99. The largest absolute Gasteiger partial charge is 0.353 e. The second kappa shape index (κ2) is 4.30. The highest BCUT2D eigenvalue weighted by Gasteiger charge is 2.28. The van der Waals surface area contributed by atoms with Crippen LogP contribution in [0.15, 0.2) is 0 Å². The van der Waals surface area contributed by atoms with Gasteiger partial charge in [0.15, 0.2) is 0 Å². The van der Waals surface area contributed by atoms with Gasteiger partial charge in [-0.25, -0.2) is 0 Å². The molecule has 2 unspecified atom stereocenters. The normalized spacial score (nSPS) is 33.5. The molecule has 0 radical (unpaired) electrons. The highest BCUT2D eigenvalue weighted by Crippen LogP contribution is 2.26. The highest BCUT2D eigenvalue weighted by atomic mass is 16.2. The van der Waals surface area contributed by atoms with Crippen LogP contribution in [0.25, 0.3) is 0 Å². The van der Waals surface area contributed by atoms with Crippen LogP contribution in [0, 0.1) is 5.92 Å². The maximum absolute atomic E-state index is 11.7. The van der Waals surface area contributed by atoms with Gasteiger partial charge in [-0.05, 0) is 39.2 Å². The molecule has 0 aromatic rings. The number of amides is 1. The van der Waals surface area contributed by atoms with E-state index in [1.807, 2.05) is 0 Å². The van der Waals surface area contributed by atoms with E-state index in [2.05, 4.69) is 17.6 Å². The van der Waals surface area contributed by atoms with Crippen molar-refractivity contribution in [3.8, 4) is 0 Å². The first kappa shape index (κ1) is 9.97. The molecule has 3 nitrogen and oxygen atoms in total. The molecular weight excluding hydrogens is 176 g/mol. The summed E-state index contributed by atoms with van der Waals surface area (Å²) in [5, 5.41) is 6.56. The van der Waals surface area contributed by atoms with E-state index in [0.29, 0.717) is 23.9 Å². The van der Waals surface area contributed by atoms with E-state index in [1.54, 1.807) is 0 Å². The molecule has 1 aliphatic heterocycles. The molecule has 2 aliphatic rings. The molecule has 3 heteroatoms. The van der Waals surface area contributed by atoms with Crippen molar-refractivity contribution in [1.29, 1.82) is 0 Å². The zero-order chi connectivity index (χ0) is 9.97. The van der Waals surface area contributed by atoms with E-state index in [9.17, 15) is 4.79 Å². The van der Waals surface area contributed by atoms with Crippen LogP contribution in [0.5, 0.6) is 0 Å². The summed E-state index contributed by atoms with van der Waals surface area (Å²) in [6.45, 7) is 3.22. The van der Waals surface area contributed by atoms with E-state index in [4.69, 9.17) is 0 Å². The van der Waals surface area contributed by atoms with Gasteiger partial charge in [0.2, 0.25) is 5.91 Å². The molecule has 14 heavy (non-hydrogen) atoms. The molecule has 2 rings (SSSR count).